The zero-order chi connectivity index (χ0) is 24.1. The first-order chi connectivity index (χ1) is 16.3. The molecule has 1 N–H and O–H groups in total. The summed E-state index contributed by atoms with van der Waals surface area (Å²) in [6, 6.07) is 20.9. The van der Waals surface area contributed by atoms with Crippen LogP contribution in [0.1, 0.15) is 17.0 Å². The summed E-state index contributed by atoms with van der Waals surface area (Å²) in [6.07, 6.45) is -5.13. The third-order valence-electron chi connectivity index (χ3n) is 5.34. The third-order valence-corrected chi connectivity index (χ3v) is 6.55. The van der Waals surface area contributed by atoms with Crippen molar-refractivity contribution in [3.05, 3.63) is 95.8 Å². The Morgan fingerprint density at radius 3 is 2.26 bits per heavy atom. The molecule has 3 aromatic carbocycles. The van der Waals surface area contributed by atoms with E-state index in [1.165, 1.54) is 24.3 Å². The Hall–Kier alpha value is -2.79. The predicted molar refractivity (Wildman–Crippen MR) is 121 cm³/mol. The second-order valence-electron chi connectivity index (χ2n) is 7.66. The van der Waals surface area contributed by atoms with E-state index in [9.17, 15) is 22.1 Å². The lowest BCUT2D eigenvalue weighted by molar-refractivity contribution is -0.274. The van der Waals surface area contributed by atoms with Crippen LogP contribution in [0.2, 0.25) is 0 Å². The number of anilines is 1. The van der Waals surface area contributed by atoms with Gasteiger partial charge in [0.2, 0.25) is 0 Å². The number of morpholine rings is 1. The lowest BCUT2D eigenvalue weighted by Gasteiger charge is -2.36. The van der Waals surface area contributed by atoms with E-state index in [2.05, 4.69) is 9.46 Å². The lowest BCUT2D eigenvalue weighted by atomic mass is 9.86. The van der Waals surface area contributed by atoms with Crippen LogP contribution in [0.5, 0.6) is 5.75 Å². The van der Waals surface area contributed by atoms with E-state index in [-0.39, 0.29) is 23.6 Å². The molecular weight excluding hydrogens is 472 g/mol. The smallest absolute Gasteiger partial charge is 0.573 e. The SMILES string of the molecule is [O-][S+](Nc1ccc(OC(F)(F)F)cc1)N1CCOC(C(c2ccccc2)c2ccc(F)cc2)C1. The molecule has 1 aliphatic rings. The maximum absolute atomic E-state index is 13.5. The highest BCUT2D eigenvalue weighted by Crippen LogP contribution is 2.33. The second-order valence-corrected chi connectivity index (χ2v) is 8.88. The van der Waals surface area contributed by atoms with Crippen molar-refractivity contribution in [2.45, 2.75) is 18.4 Å². The molecule has 180 valence electrons. The van der Waals surface area contributed by atoms with E-state index in [0.717, 1.165) is 23.3 Å². The van der Waals surface area contributed by atoms with Crippen LogP contribution in [0, 0.1) is 5.82 Å². The van der Waals surface area contributed by atoms with Gasteiger partial charge in [-0.05, 0) is 47.5 Å². The summed E-state index contributed by atoms with van der Waals surface area (Å²) >= 11 is -1.66. The first-order valence-electron chi connectivity index (χ1n) is 10.5. The van der Waals surface area contributed by atoms with Crippen molar-refractivity contribution in [2.75, 3.05) is 24.4 Å². The van der Waals surface area contributed by atoms with Crippen LogP contribution in [0.25, 0.3) is 0 Å². The molecule has 34 heavy (non-hydrogen) atoms. The molecule has 1 fully saturated rings. The van der Waals surface area contributed by atoms with Gasteiger partial charge >= 0.3 is 6.36 Å². The van der Waals surface area contributed by atoms with Crippen molar-refractivity contribution in [3.8, 4) is 5.75 Å². The highest BCUT2D eigenvalue weighted by molar-refractivity contribution is 7.90. The summed E-state index contributed by atoms with van der Waals surface area (Å²) in [5.41, 5.74) is 2.24. The molecule has 0 aliphatic carbocycles. The Balaban J connectivity index is 1.47. The highest BCUT2D eigenvalue weighted by atomic mass is 32.2. The molecule has 3 aromatic rings. The van der Waals surface area contributed by atoms with E-state index in [0.29, 0.717) is 25.4 Å². The van der Waals surface area contributed by atoms with Crippen LogP contribution >= 0.6 is 0 Å². The number of benzene rings is 3. The minimum Gasteiger partial charge on any atom is -0.573 e. The summed E-state index contributed by atoms with van der Waals surface area (Å²) < 4.78 is 77.9. The molecule has 3 atom stereocenters. The van der Waals surface area contributed by atoms with Gasteiger partial charge in [0.25, 0.3) is 0 Å². The van der Waals surface area contributed by atoms with Gasteiger partial charge in [0.15, 0.2) is 11.5 Å². The number of rotatable bonds is 7. The fourth-order valence-corrected chi connectivity index (χ4v) is 4.83. The van der Waals surface area contributed by atoms with Gasteiger partial charge < -0.3 is 14.0 Å². The van der Waals surface area contributed by atoms with E-state index < -0.39 is 17.9 Å². The van der Waals surface area contributed by atoms with Crippen molar-refractivity contribution in [1.29, 1.82) is 0 Å². The Bertz CT molecular complexity index is 1050. The van der Waals surface area contributed by atoms with Crippen LogP contribution in [0.15, 0.2) is 78.9 Å². The standard InChI is InChI=1S/C24H22F4N2O3S/c25-19-8-6-18(7-9-19)23(17-4-2-1-3-5-17)22-16-30(14-15-32-22)34(31)29-20-10-12-21(13-11-20)33-24(26,27)28/h1-13,22-23,29H,14-16H2. The summed E-state index contributed by atoms with van der Waals surface area (Å²) in [5.74, 6) is -0.903. The van der Waals surface area contributed by atoms with Gasteiger partial charge in [-0.15, -0.1) is 13.2 Å². The molecule has 5 nitrogen and oxygen atoms in total. The van der Waals surface area contributed by atoms with E-state index in [1.54, 1.807) is 16.4 Å². The Kier molecular flexibility index (Phi) is 7.62. The molecule has 0 bridgehead atoms. The zero-order valence-electron chi connectivity index (χ0n) is 17.9. The monoisotopic (exact) mass is 494 g/mol. The number of halogens is 4. The number of hydrogen-bond acceptors (Lipinski definition) is 5. The normalized spacial score (nSPS) is 18.8. The topological polar surface area (TPSA) is 56.8 Å². The van der Waals surface area contributed by atoms with E-state index >= 15 is 0 Å². The summed E-state index contributed by atoms with van der Waals surface area (Å²) in [4.78, 5) is 0. The molecule has 0 radical (unpaired) electrons. The van der Waals surface area contributed by atoms with E-state index in [1.807, 2.05) is 30.3 Å². The van der Waals surface area contributed by atoms with Crippen molar-refractivity contribution < 1.29 is 31.6 Å². The van der Waals surface area contributed by atoms with Gasteiger partial charge in [0.1, 0.15) is 11.6 Å². The predicted octanol–water partition coefficient (Wildman–Crippen LogP) is 5.25. The average Bonchev–Trinajstić information content (AvgIpc) is 2.82. The number of nitrogens with zero attached hydrogens (tertiary/aromatic N) is 1. The highest BCUT2D eigenvalue weighted by Gasteiger charge is 2.36. The molecule has 1 heterocycles. The summed E-state index contributed by atoms with van der Waals surface area (Å²) in [5, 5.41) is 0. The molecule has 4 rings (SSSR count). The molecular formula is C24H22F4N2O3S. The van der Waals surface area contributed by atoms with Gasteiger partial charge in [-0.2, -0.15) is 4.72 Å². The molecule has 0 aromatic heterocycles. The molecule has 1 saturated heterocycles. The van der Waals surface area contributed by atoms with Gasteiger partial charge in [-0.1, -0.05) is 46.8 Å². The molecule has 1 aliphatic heterocycles. The zero-order valence-corrected chi connectivity index (χ0v) is 18.7. The van der Waals surface area contributed by atoms with Crippen LogP contribution in [-0.2, 0) is 16.3 Å². The number of ether oxygens (including phenoxy) is 2. The molecule has 0 saturated carbocycles. The molecule has 0 amide bonds. The third kappa shape index (κ3) is 6.41. The number of alkyl halides is 3. The molecule has 3 unspecified atom stereocenters. The van der Waals surface area contributed by atoms with Crippen LogP contribution in [0.3, 0.4) is 0 Å². The van der Waals surface area contributed by atoms with Crippen LogP contribution < -0.4 is 9.46 Å². The van der Waals surface area contributed by atoms with Crippen molar-refractivity contribution in [1.82, 2.24) is 4.31 Å². The first kappa shape index (κ1) is 24.3. The quantitative estimate of drug-likeness (QED) is 0.359. The number of nitrogens with one attached hydrogen (secondary N) is 1. The van der Waals surface area contributed by atoms with Crippen LogP contribution in [-0.4, -0.2) is 41.0 Å². The molecule has 0 spiro atoms. The van der Waals surface area contributed by atoms with Crippen molar-refractivity contribution >= 4 is 17.2 Å². The fourth-order valence-electron chi connectivity index (χ4n) is 3.85. The lowest BCUT2D eigenvalue weighted by Crippen LogP contribution is -2.49. The minimum absolute atomic E-state index is 0.208. The Morgan fingerprint density at radius 2 is 1.62 bits per heavy atom. The first-order valence-corrected chi connectivity index (χ1v) is 11.6. The fraction of sp³-hybridized carbons (Fsp3) is 0.250. The molecule has 10 heteroatoms. The average molecular weight is 495 g/mol. The van der Waals surface area contributed by atoms with Crippen molar-refractivity contribution in [3.63, 3.8) is 0 Å². The van der Waals surface area contributed by atoms with Gasteiger partial charge in [-0.25, -0.2) is 4.39 Å². The summed E-state index contributed by atoms with van der Waals surface area (Å²) in [7, 11) is 0. The summed E-state index contributed by atoms with van der Waals surface area (Å²) in [6.45, 7) is 1.06. The Morgan fingerprint density at radius 1 is 0.971 bits per heavy atom. The van der Waals surface area contributed by atoms with Crippen molar-refractivity contribution in [2.24, 2.45) is 0 Å². The maximum Gasteiger partial charge on any atom is 0.573 e. The maximum atomic E-state index is 13.5. The largest absolute Gasteiger partial charge is 0.573 e. The van der Waals surface area contributed by atoms with Crippen LogP contribution in [0.4, 0.5) is 23.2 Å². The van der Waals surface area contributed by atoms with Gasteiger partial charge in [0, 0.05) is 5.92 Å². The Labute approximate surface area is 197 Å². The van der Waals surface area contributed by atoms with Gasteiger partial charge in [0.05, 0.1) is 31.5 Å². The minimum atomic E-state index is -4.78. The van der Waals surface area contributed by atoms with Gasteiger partial charge in [-0.3, -0.25) is 0 Å². The van der Waals surface area contributed by atoms with E-state index in [4.69, 9.17) is 4.74 Å². The second kappa shape index (κ2) is 10.6. The number of hydrogen-bond donors (Lipinski definition) is 1.